The molecule has 0 radical (unpaired) electrons. The first-order valence-electron chi connectivity index (χ1n) is 5.07. The van der Waals surface area contributed by atoms with E-state index < -0.39 is 17.7 Å². The van der Waals surface area contributed by atoms with Crippen LogP contribution in [0.2, 0.25) is 0 Å². The molecule has 1 heterocycles. The zero-order valence-corrected chi connectivity index (χ0v) is 9.73. The lowest BCUT2D eigenvalue weighted by Gasteiger charge is -2.38. The minimum Gasteiger partial charge on any atom is -0.300 e. The third kappa shape index (κ3) is 3.00. The zero-order valence-electron chi connectivity index (χ0n) is 8.91. The van der Waals surface area contributed by atoms with Crippen LogP contribution in [0.4, 0.5) is 4.39 Å². The topological polar surface area (TPSA) is 23.6 Å². The van der Waals surface area contributed by atoms with Crippen molar-refractivity contribution in [1.82, 2.24) is 9.21 Å². The lowest BCUT2D eigenvalue weighted by Crippen LogP contribution is -2.54. The molecule has 0 aromatic heterocycles. The van der Waals surface area contributed by atoms with E-state index >= 15 is 0 Å². The molecule has 1 rings (SSSR count). The summed E-state index contributed by atoms with van der Waals surface area (Å²) in [6, 6.07) is -0.180. The van der Waals surface area contributed by atoms with E-state index in [2.05, 4.69) is 11.8 Å². The maximum atomic E-state index is 12.7. The molecule has 84 valence electrons. The van der Waals surface area contributed by atoms with Gasteiger partial charge in [-0.2, -0.15) is 0 Å². The van der Waals surface area contributed by atoms with Crippen LogP contribution in [0, 0.1) is 0 Å². The van der Waals surface area contributed by atoms with E-state index in [1.165, 1.54) is 0 Å². The van der Waals surface area contributed by atoms with Crippen molar-refractivity contribution in [2.45, 2.75) is 19.4 Å². The van der Waals surface area contributed by atoms with Crippen LogP contribution in [0.5, 0.6) is 0 Å². The Morgan fingerprint density at radius 1 is 1.50 bits per heavy atom. The SMILES string of the molecule is CCCN1CCN(S(C)=O)C(CF)C1. The van der Waals surface area contributed by atoms with Gasteiger partial charge < -0.3 is 4.90 Å². The fraction of sp³-hybridized carbons (Fsp3) is 1.00. The highest BCUT2D eigenvalue weighted by molar-refractivity contribution is 7.81. The molecule has 0 spiro atoms. The van der Waals surface area contributed by atoms with Gasteiger partial charge in [0.1, 0.15) is 6.67 Å². The van der Waals surface area contributed by atoms with Crippen LogP contribution < -0.4 is 0 Å². The standard InChI is InChI=1S/C9H19FN2OS/c1-3-4-11-5-6-12(14(2)13)9(7-10)8-11/h9H,3-8H2,1-2H3. The highest BCUT2D eigenvalue weighted by atomic mass is 32.2. The van der Waals surface area contributed by atoms with Crippen LogP contribution in [-0.2, 0) is 11.0 Å². The predicted molar refractivity (Wildman–Crippen MR) is 57.3 cm³/mol. The maximum absolute atomic E-state index is 12.7. The van der Waals surface area contributed by atoms with Gasteiger partial charge in [0.25, 0.3) is 0 Å². The molecule has 1 saturated heterocycles. The molecule has 0 bridgehead atoms. The van der Waals surface area contributed by atoms with Gasteiger partial charge in [-0.25, -0.2) is 12.9 Å². The van der Waals surface area contributed by atoms with Gasteiger partial charge in [-0.3, -0.25) is 0 Å². The summed E-state index contributed by atoms with van der Waals surface area (Å²) in [7, 11) is -1.03. The van der Waals surface area contributed by atoms with E-state index in [-0.39, 0.29) is 6.04 Å². The molecule has 3 nitrogen and oxygen atoms in total. The van der Waals surface area contributed by atoms with Crippen molar-refractivity contribution < 1.29 is 8.60 Å². The molecule has 0 amide bonds. The molecular weight excluding hydrogens is 203 g/mol. The number of nitrogens with zero attached hydrogens (tertiary/aromatic N) is 2. The molecule has 1 aliphatic heterocycles. The Morgan fingerprint density at radius 3 is 2.71 bits per heavy atom. The predicted octanol–water partition coefficient (Wildman–Crippen LogP) is 0.646. The molecule has 0 aliphatic carbocycles. The maximum Gasteiger partial charge on any atom is 0.107 e. The fourth-order valence-corrected chi connectivity index (χ4v) is 2.77. The summed E-state index contributed by atoms with van der Waals surface area (Å²) < 4.78 is 25.7. The number of halogens is 1. The second-order valence-electron chi connectivity index (χ2n) is 3.67. The summed E-state index contributed by atoms with van der Waals surface area (Å²) in [6.45, 7) is 5.07. The van der Waals surface area contributed by atoms with E-state index in [4.69, 9.17) is 0 Å². The first-order chi connectivity index (χ1) is 6.69. The van der Waals surface area contributed by atoms with Crippen LogP contribution in [0.15, 0.2) is 0 Å². The van der Waals surface area contributed by atoms with Crippen molar-refractivity contribution in [3.63, 3.8) is 0 Å². The van der Waals surface area contributed by atoms with Gasteiger partial charge >= 0.3 is 0 Å². The van der Waals surface area contributed by atoms with Gasteiger partial charge in [-0.05, 0) is 13.0 Å². The molecule has 1 aliphatic rings. The van der Waals surface area contributed by atoms with Crippen molar-refractivity contribution in [3.8, 4) is 0 Å². The van der Waals surface area contributed by atoms with Crippen molar-refractivity contribution in [2.75, 3.05) is 39.1 Å². The molecule has 0 aromatic rings. The summed E-state index contributed by atoms with van der Waals surface area (Å²) in [5, 5.41) is 0. The van der Waals surface area contributed by atoms with Gasteiger partial charge in [-0.1, -0.05) is 6.92 Å². The van der Waals surface area contributed by atoms with E-state index in [1.54, 1.807) is 10.6 Å². The van der Waals surface area contributed by atoms with Gasteiger partial charge in [0.2, 0.25) is 0 Å². The van der Waals surface area contributed by atoms with Gasteiger partial charge in [0.15, 0.2) is 0 Å². The third-order valence-electron chi connectivity index (χ3n) is 2.56. The van der Waals surface area contributed by atoms with E-state index in [9.17, 15) is 8.60 Å². The molecule has 1 fully saturated rings. The summed E-state index contributed by atoms with van der Waals surface area (Å²) in [4.78, 5) is 2.24. The lowest BCUT2D eigenvalue weighted by molar-refractivity contribution is 0.122. The first kappa shape index (κ1) is 12.1. The van der Waals surface area contributed by atoms with Crippen molar-refractivity contribution >= 4 is 11.0 Å². The Hall–Kier alpha value is -0.0000000000000000555. The van der Waals surface area contributed by atoms with Gasteiger partial charge in [-0.15, -0.1) is 0 Å². The minimum absolute atomic E-state index is 0.180. The zero-order chi connectivity index (χ0) is 10.6. The molecule has 2 unspecified atom stereocenters. The molecule has 0 aromatic carbocycles. The van der Waals surface area contributed by atoms with E-state index in [1.807, 2.05) is 0 Å². The molecular formula is C9H19FN2OS. The number of hydrogen-bond donors (Lipinski definition) is 0. The second-order valence-corrected chi connectivity index (χ2v) is 4.99. The Labute approximate surface area is 87.8 Å². The van der Waals surface area contributed by atoms with Crippen molar-refractivity contribution in [1.29, 1.82) is 0 Å². The van der Waals surface area contributed by atoms with Crippen LogP contribution in [0.3, 0.4) is 0 Å². The van der Waals surface area contributed by atoms with E-state index in [0.717, 1.165) is 26.1 Å². The van der Waals surface area contributed by atoms with E-state index in [0.29, 0.717) is 6.54 Å². The number of hydrogen-bond acceptors (Lipinski definition) is 2. The van der Waals surface area contributed by atoms with Crippen molar-refractivity contribution in [2.24, 2.45) is 0 Å². The molecule has 0 N–H and O–H groups in total. The highest BCUT2D eigenvalue weighted by Gasteiger charge is 2.28. The summed E-state index contributed by atoms with van der Waals surface area (Å²) >= 11 is 0. The summed E-state index contributed by atoms with van der Waals surface area (Å²) in [5.74, 6) is 0. The highest BCUT2D eigenvalue weighted by Crippen LogP contribution is 2.12. The quantitative estimate of drug-likeness (QED) is 0.697. The molecule has 0 saturated carbocycles. The van der Waals surface area contributed by atoms with Crippen LogP contribution in [0.1, 0.15) is 13.3 Å². The Kier molecular flexibility index (Phi) is 4.98. The fourth-order valence-electron chi connectivity index (χ4n) is 1.89. The number of alkyl halides is 1. The minimum atomic E-state index is -1.03. The van der Waals surface area contributed by atoms with Gasteiger partial charge in [0.05, 0.1) is 17.0 Å². The Balaban J connectivity index is 2.50. The summed E-state index contributed by atoms with van der Waals surface area (Å²) in [6.07, 6.45) is 2.71. The lowest BCUT2D eigenvalue weighted by atomic mass is 10.2. The average Bonchev–Trinajstić information content (AvgIpc) is 2.17. The summed E-state index contributed by atoms with van der Waals surface area (Å²) in [5.41, 5.74) is 0. The third-order valence-corrected chi connectivity index (χ3v) is 3.70. The smallest absolute Gasteiger partial charge is 0.107 e. The van der Waals surface area contributed by atoms with Crippen LogP contribution in [-0.4, -0.2) is 58.6 Å². The Bertz CT molecular complexity index is 203. The number of piperazine rings is 1. The first-order valence-corrected chi connectivity index (χ1v) is 6.59. The molecule has 5 heteroatoms. The largest absolute Gasteiger partial charge is 0.300 e. The Morgan fingerprint density at radius 2 is 2.21 bits per heavy atom. The monoisotopic (exact) mass is 222 g/mol. The second kappa shape index (κ2) is 5.78. The molecule has 14 heavy (non-hydrogen) atoms. The molecule has 2 atom stereocenters. The number of rotatable bonds is 4. The van der Waals surface area contributed by atoms with Crippen molar-refractivity contribution in [3.05, 3.63) is 0 Å². The van der Waals surface area contributed by atoms with Gasteiger partial charge in [0, 0.05) is 25.9 Å². The van der Waals surface area contributed by atoms with Crippen LogP contribution >= 0.6 is 0 Å². The normalized spacial score (nSPS) is 27.8. The van der Waals surface area contributed by atoms with Crippen LogP contribution in [0.25, 0.3) is 0 Å². The average molecular weight is 222 g/mol.